The maximum absolute atomic E-state index is 10.9. The molecule has 5 nitrogen and oxygen atoms in total. The molecule has 1 rings (SSSR count). The molecule has 82 valence electrons. The maximum atomic E-state index is 10.9. The zero-order chi connectivity index (χ0) is 11.6. The lowest BCUT2D eigenvalue weighted by atomic mass is 10.2. The van der Waals surface area contributed by atoms with Crippen LogP contribution in [0.3, 0.4) is 0 Å². The van der Waals surface area contributed by atoms with Crippen LogP contribution in [-0.2, 0) is 9.59 Å². The fraction of sp³-hybridized carbons (Fsp3) is 0.444. The number of nitrogens with zero attached hydrogens (tertiary/aromatic N) is 1. The van der Waals surface area contributed by atoms with Gasteiger partial charge in [-0.05, 0) is 20.8 Å². The van der Waals surface area contributed by atoms with E-state index >= 15 is 0 Å². The Hall–Kier alpha value is -1.43. The Kier molecular flexibility index (Phi) is 3.41. The first kappa shape index (κ1) is 11.6. The largest absolute Gasteiger partial charge is 0.474 e. The number of aliphatic carboxylic acids is 1. The molecular weight excluding hydrogens is 216 g/mol. The summed E-state index contributed by atoms with van der Waals surface area (Å²) in [6.07, 6.45) is 0. The average molecular weight is 228 g/mol. The number of rotatable bonds is 2. The summed E-state index contributed by atoms with van der Waals surface area (Å²) in [5, 5.41) is 11.7. The molecule has 0 spiro atoms. The number of carbonyl (C=O) groups excluding carboxylic acids is 1. The van der Waals surface area contributed by atoms with Crippen LogP contribution in [0, 0.1) is 13.8 Å². The molecule has 2 N–H and O–H groups in total. The van der Waals surface area contributed by atoms with Crippen molar-refractivity contribution in [1.82, 2.24) is 10.3 Å². The summed E-state index contributed by atoms with van der Waals surface area (Å²) in [5.41, 5.74) is 0.829. The van der Waals surface area contributed by atoms with E-state index in [2.05, 4.69) is 10.3 Å². The van der Waals surface area contributed by atoms with E-state index in [0.717, 1.165) is 15.6 Å². The van der Waals surface area contributed by atoms with Crippen molar-refractivity contribution in [2.45, 2.75) is 26.8 Å². The highest BCUT2D eigenvalue weighted by Crippen LogP contribution is 2.24. The third kappa shape index (κ3) is 2.76. The van der Waals surface area contributed by atoms with E-state index in [1.54, 1.807) is 6.92 Å². The first-order chi connectivity index (χ1) is 6.91. The molecule has 6 heteroatoms. The summed E-state index contributed by atoms with van der Waals surface area (Å²) in [6, 6.07) is -0.320. The molecule has 0 aromatic carbocycles. The highest BCUT2D eigenvalue weighted by molar-refractivity contribution is 7.11. The van der Waals surface area contributed by atoms with Crippen LogP contribution in [-0.4, -0.2) is 22.0 Å². The molecule has 1 aromatic rings. The number of nitrogens with one attached hydrogen (secondary N) is 1. The van der Waals surface area contributed by atoms with E-state index in [0.29, 0.717) is 0 Å². The van der Waals surface area contributed by atoms with Crippen LogP contribution in [0.2, 0.25) is 0 Å². The highest BCUT2D eigenvalue weighted by Gasteiger charge is 2.18. The first-order valence-electron chi connectivity index (χ1n) is 4.39. The number of carboxylic acids is 1. The van der Waals surface area contributed by atoms with Crippen LogP contribution in [0.5, 0.6) is 0 Å². The van der Waals surface area contributed by atoms with Gasteiger partial charge in [-0.15, -0.1) is 11.3 Å². The summed E-state index contributed by atoms with van der Waals surface area (Å²) in [4.78, 5) is 26.3. The summed E-state index contributed by atoms with van der Waals surface area (Å²) in [6.45, 7) is 5.44. The van der Waals surface area contributed by atoms with Gasteiger partial charge in [-0.1, -0.05) is 0 Å². The fourth-order valence-corrected chi connectivity index (χ4v) is 2.20. The molecule has 0 aliphatic carbocycles. The van der Waals surface area contributed by atoms with Crippen molar-refractivity contribution in [2.75, 3.05) is 0 Å². The maximum Gasteiger partial charge on any atom is 0.394 e. The van der Waals surface area contributed by atoms with Crippen LogP contribution in [0.15, 0.2) is 0 Å². The van der Waals surface area contributed by atoms with Crippen molar-refractivity contribution in [3.8, 4) is 0 Å². The van der Waals surface area contributed by atoms with Crippen molar-refractivity contribution in [1.29, 1.82) is 0 Å². The van der Waals surface area contributed by atoms with Crippen LogP contribution < -0.4 is 5.32 Å². The molecule has 0 saturated heterocycles. The molecule has 1 aromatic heterocycles. The number of carbonyl (C=O) groups is 2. The molecule has 15 heavy (non-hydrogen) atoms. The topological polar surface area (TPSA) is 79.3 Å². The van der Waals surface area contributed by atoms with Gasteiger partial charge in [0.25, 0.3) is 0 Å². The van der Waals surface area contributed by atoms with Crippen LogP contribution in [0.1, 0.15) is 28.5 Å². The molecule has 0 saturated carbocycles. The van der Waals surface area contributed by atoms with Gasteiger partial charge in [-0.25, -0.2) is 9.78 Å². The fourth-order valence-electron chi connectivity index (χ4n) is 1.27. The Labute approximate surface area is 91.1 Å². The number of hydrogen-bond acceptors (Lipinski definition) is 4. The Morgan fingerprint density at radius 1 is 1.47 bits per heavy atom. The van der Waals surface area contributed by atoms with Crippen LogP contribution in [0.4, 0.5) is 0 Å². The molecule has 0 aliphatic rings. The van der Waals surface area contributed by atoms with Gasteiger partial charge in [0.05, 0.1) is 16.7 Å². The number of carboxylic acid groups (broad SMARTS) is 1. The minimum Gasteiger partial charge on any atom is -0.474 e. The van der Waals surface area contributed by atoms with E-state index in [1.807, 2.05) is 13.8 Å². The lowest BCUT2D eigenvalue weighted by molar-refractivity contribution is -0.150. The summed E-state index contributed by atoms with van der Waals surface area (Å²) < 4.78 is 0. The molecule has 1 heterocycles. The van der Waals surface area contributed by atoms with Crippen molar-refractivity contribution in [2.24, 2.45) is 0 Å². The quantitative estimate of drug-likeness (QED) is 0.741. The van der Waals surface area contributed by atoms with E-state index < -0.39 is 11.9 Å². The van der Waals surface area contributed by atoms with E-state index in [1.165, 1.54) is 11.3 Å². The normalized spacial score (nSPS) is 12.2. The predicted octanol–water partition coefficient (Wildman–Crippen LogP) is 1.02. The molecule has 1 unspecified atom stereocenters. The molecule has 0 radical (unpaired) electrons. The predicted molar refractivity (Wildman–Crippen MR) is 55.8 cm³/mol. The van der Waals surface area contributed by atoms with Gasteiger partial charge in [-0.3, -0.25) is 4.79 Å². The third-order valence-corrected chi connectivity index (χ3v) is 3.13. The van der Waals surface area contributed by atoms with E-state index in [-0.39, 0.29) is 6.04 Å². The van der Waals surface area contributed by atoms with Crippen molar-refractivity contribution >= 4 is 23.2 Å². The number of hydrogen-bond donors (Lipinski definition) is 2. The second kappa shape index (κ2) is 4.39. The number of aromatic nitrogens is 1. The van der Waals surface area contributed by atoms with Gasteiger partial charge in [0, 0.05) is 4.88 Å². The van der Waals surface area contributed by atoms with Crippen molar-refractivity contribution < 1.29 is 14.7 Å². The number of thiazole rings is 1. The Bertz CT molecular complexity index is 400. The summed E-state index contributed by atoms with van der Waals surface area (Å²) >= 11 is 1.46. The first-order valence-corrected chi connectivity index (χ1v) is 5.21. The van der Waals surface area contributed by atoms with Gasteiger partial charge < -0.3 is 10.4 Å². The van der Waals surface area contributed by atoms with Gasteiger partial charge >= 0.3 is 11.9 Å². The zero-order valence-corrected chi connectivity index (χ0v) is 9.51. The van der Waals surface area contributed by atoms with Crippen molar-refractivity contribution in [3.05, 3.63) is 15.6 Å². The second-order valence-corrected chi connectivity index (χ2v) is 4.42. The van der Waals surface area contributed by atoms with E-state index in [4.69, 9.17) is 5.11 Å². The van der Waals surface area contributed by atoms with Gasteiger partial charge in [0.15, 0.2) is 0 Å². The molecule has 0 fully saturated rings. The Balaban J connectivity index is 2.77. The Morgan fingerprint density at radius 3 is 2.47 bits per heavy atom. The van der Waals surface area contributed by atoms with Crippen LogP contribution in [0.25, 0.3) is 0 Å². The summed E-state index contributed by atoms with van der Waals surface area (Å²) in [5.74, 6) is -2.46. The zero-order valence-electron chi connectivity index (χ0n) is 8.70. The SMILES string of the molecule is Cc1nc(C)c(C(C)NC(=O)C(=O)O)s1. The number of aryl methyl sites for hydroxylation is 2. The second-order valence-electron chi connectivity index (χ2n) is 3.18. The standard InChI is InChI=1S/C9H12N2O3S/c1-4-7(15-6(3)10-4)5(2)11-8(12)9(13)14/h5H,1-3H3,(H,11,12)(H,13,14). The molecule has 1 amide bonds. The van der Waals surface area contributed by atoms with Gasteiger partial charge in [0.2, 0.25) is 0 Å². The van der Waals surface area contributed by atoms with Gasteiger partial charge in [0.1, 0.15) is 0 Å². The molecule has 1 atom stereocenters. The molecule has 0 aliphatic heterocycles. The van der Waals surface area contributed by atoms with E-state index in [9.17, 15) is 9.59 Å². The minimum atomic E-state index is -1.47. The van der Waals surface area contributed by atoms with Gasteiger partial charge in [-0.2, -0.15) is 0 Å². The third-order valence-electron chi connectivity index (χ3n) is 1.87. The monoisotopic (exact) mass is 228 g/mol. The lowest BCUT2D eigenvalue weighted by Gasteiger charge is -2.10. The van der Waals surface area contributed by atoms with Crippen molar-refractivity contribution in [3.63, 3.8) is 0 Å². The minimum absolute atomic E-state index is 0.320. The summed E-state index contributed by atoms with van der Waals surface area (Å²) in [7, 11) is 0. The lowest BCUT2D eigenvalue weighted by Crippen LogP contribution is -2.32. The van der Waals surface area contributed by atoms with Crippen LogP contribution >= 0.6 is 11.3 Å². The molecular formula is C9H12N2O3S. The average Bonchev–Trinajstić information content (AvgIpc) is 2.44. The molecule has 0 bridgehead atoms. The highest BCUT2D eigenvalue weighted by atomic mass is 32.1. The number of amides is 1. The Morgan fingerprint density at radius 2 is 2.07 bits per heavy atom. The smallest absolute Gasteiger partial charge is 0.394 e.